The number of rotatable bonds is 14. The first-order valence-corrected chi connectivity index (χ1v) is 17.1. The highest BCUT2D eigenvalue weighted by Crippen LogP contribution is 2.42. The third-order valence-electron chi connectivity index (χ3n) is 8.49. The normalized spacial score (nSPS) is 12.0. The van der Waals surface area contributed by atoms with Crippen molar-refractivity contribution < 1.29 is 19.4 Å². The molecule has 49 heavy (non-hydrogen) atoms. The zero-order chi connectivity index (χ0) is 34.4. The zero-order valence-electron chi connectivity index (χ0n) is 27.8. The van der Waals surface area contributed by atoms with Crippen LogP contribution >= 0.6 is 15.9 Å². The number of pyridine rings is 1. The van der Waals surface area contributed by atoms with Gasteiger partial charge in [0, 0.05) is 23.0 Å². The van der Waals surface area contributed by atoms with Crippen LogP contribution in [0.3, 0.4) is 0 Å². The Hall–Kier alpha value is -4.77. The fraction of sp³-hybridized carbons (Fsp3) is 0.256. The van der Waals surface area contributed by atoms with Crippen LogP contribution in [-0.4, -0.2) is 51.1 Å². The van der Waals surface area contributed by atoms with E-state index < -0.39 is 17.2 Å². The molecule has 0 atom stereocenters. The Morgan fingerprint density at radius 3 is 2.02 bits per heavy atom. The standard InChI is InChI=1S/C39H40BrN5O4/c1-4-48-25-33-43-34-35(45(33)26-38(2,3)49-23-22-41-37(46)47)31-21-20-30(40)24-32(31)42-36(34)44-39(27-14-8-5-9-15-27,28-16-10-6-11-17-28)29-18-12-7-13-19-29/h5-21,24,41H,4,22-23,25-26H2,1-3H3,(H,42,44)(H,46,47). The van der Waals surface area contributed by atoms with Crippen LogP contribution in [0.15, 0.2) is 114 Å². The monoisotopic (exact) mass is 721 g/mol. The minimum atomic E-state index is -1.08. The second kappa shape index (κ2) is 14.8. The molecule has 0 aliphatic heterocycles. The van der Waals surface area contributed by atoms with Gasteiger partial charge in [0.15, 0.2) is 5.82 Å². The van der Waals surface area contributed by atoms with E-state index in [0.29, 0.717) is 31.1 Å². The summed E-state index contributed by atoms with van der Waals surface area (Å²) in [5.41, 5.74) is 4.06. The largest absolute Gasteiger partial charge is 0.465 e. The Balaban J connectivity index is 1.59. The Morgan fingerprint density at radius 1 is 0.878 bits per heavy atom. The summed E-state index contributed by atoms with van der Waals surface area (Å²) in [5, 5.41) is 16.3. The van der Waals surface area contributed by atoms with Crippen LogP contribution in [0, 0.1) is 0 Å². The van der Waals surface area contributed by atoms with Crippen LogP contribution in [0.4, 0.5) is 10.6 Å². The predicted octanol–water partition coefficient (Wildman–Crippen LogP) is 8.35. The molecule has 0 spiro atoms. The van der Waals surface area contributed by atoms with Gasteiger partial charge in [0.05, 0.1) is 29.8 Å². The van der Waals surface area contributed by atoms with Crippen molar-refractivity contribution in [3.8, 4) is 0 Å². The molecule has 2 heterocycles. The van der Waals surface area contributed by atoms with E-state index in [-0.39, 0.29) is 13.2 Å². The molecule has 252 valence electrons. The molecule has 6 aromatic rings. The molecule has 9 nitrogen and oxygen atoms in total. The minimum absolute atomic E-state index is 0.185. The second-order valence-electron chi connectivity index (χ2n) is 12.4. The summed E-state index contributed by atoms with van der Waals surface area (Å²) in [4.78, 5) is 21.5. The van der Waals surface area contributed by atoms with Crippen LogP contribution in [0.25, 0.3) is 21.9 Å². The lowest BCUT2D eigenvalue weighted by atomic mass is 9.77. The van der Waals surface area contributed by atoms with Gasteiger partial charge >= 0.3 is 6.09 Å². The highest BCUT2D eigenvalue weighted by Gasteiger charge is 2.38. The Morgan fingerprint density at radius 2 is 1.47 bits per heavy atom. The quantitative estimate of drug-likeness (QED) is 0.0766. The topological polar surface area (TPSA) is 111 Å². The predicted molar refractivity (Wildman–Crippen MR) is 197 cm³/mol. The van der Waals surface area contributed by atoms with Gasteiger partial charge in [-0.25, -0.2) is 14.8 Å². The number of halogens is 1. The van der Waals surface area contributed by atoms with Crippen LogP contribution in [0.5, 0.6) is 0 Å². The van der Waals surface area contributed by atoms with E-state index in [1.54, 1.807) is 0 Å². The molecule has 10 heteroatoms. The molecule has 2 aromatic heterocycles. The Bertz CT molecular complexity index is 1940. The van der Waals surface area contributed by atoms with Gasteiger partial charge in [-0.1, -0.05) is 107 Å². The molecule has 0 unspecified atom stereocenters. The molecule has 0 fully saturated rings. The first-order valence-electron chi connectivity index (χ1n) is 16.3. The van der Waals surface area contributed by atoms with E-state index >= 15 is 0 Å². The summed E-state index contributed by atoms with van der Waals surface area (Å²) in [7, 11) is 0. The summed E-state index contributed by atoms with van der Waals surface area (Å²) in [5.74, 6) is 1.36. The number of fused-ring (bicyclic) bond motifs is 3. The minimum Gasteiger partial charge on any atom is -0.465 e. The van der Waals surface area contributed by atoms with Crippen molar-refractivity contribution in [2.24, 2.45) is 0 Å². The number of benzene rings is 4. The maximum absolute atomic E-state index is 11.0. The number of imidazole rings is 1. The third kappa shape index (κ3) is 7.32. The highest BCUT2D eigenvalue weighted by molar-refractivity contribution is 9.10. The van der Waals surface area contributed by atoms with Gasteiger partial charge in [0.2, 0.25) is 0 Å². The number of aromatic nitrogens is 3. The average Bonchev–Trinajstić information content (AvgIpc) is 3.46. The molecule has 0 aliphatic carbocycles. The van der Waals surface area contributed by atoms with Gasteiger partial charge in [-0.15, -0.1) is 0 Å². The summed E-state index contributed by atoms with van der Waals surface area (Å²) in [6.07, 6.45) is -1.08. The fourth-order valence-electron chi connectivity index (χ4n) is 6.34. The van der Waals surface area contributed by atoms with Crippen LogP contribution in [0.2, 0.25) is 0 Å². The molecule has 0 saturated heterocycles. The van der Waals surface area contributed by atoms with Gasteiger partial charge in [0.25, 0.3) is 0 Å². The number of carboxylic acid groups (broad SMARTS) is 1. The lowest BCUT2D eigenvalue weighted by molar-refractivity contribution is -0.0278. The van der Waals surface area contributed by atoms with E-state index in [1.807, 2.05) is 51.1 Å². The summed E-state index contributed by atoms with van der Waals surface area (Å²) >= 11 is 3.67. The van der Waals surface area contributed by atoms with Gasteiger partial charge in [-0.3, -0.25) is 0 Å². The van der Waals surface area contributed by atoms with Crippen LogP contribution < -0.4 is 10.6 Å². The molecule has 3 N–H and O–H groups in total. The molecular weight excluding hydrogens is 682 g/mol. The molecule has 0 saturated carbocycles. The van der Waals surface area contributed by atoms with E-state index in [1.165, 1.54) is 0 Å². The van der Waals surface area contributed by atoms with Crippen molar-refractivity contribution in [2.45, 2.75) is 45.1 Å². The molecule has 6 rings (SSSR count). The maximum atomic E-state index is 11.0. The highest BCUT2D eigenvalue weighted by atomic mass is 79.9. The number of anilines is 1. The molecular formula is C39H40BrN5O4. The maximum Gasteiger partial charge on any atom is 0.404 e. The van der Waals surface area contributed by atoms with Crippen molar-refractivity contribution in [3.05, 3.63) is 136 Å². The van der Waals surface area contributed by atoms with Gasteiger partial charge in [-0.05, 0) is 55.7 Å². The van der Waals surface area contributed by atoms with Crippen molar-refractivity contribution >= 4 is 49.8 Å². The SMILES string of the molecule is CCOCc1nc2c(NC(c3ccccc3)(c3ccccc3)c3ccccc3)nc3cc(Br)ccc3c2n1CC(C)(C)OCCNC(=O)O. The number of hydrogen-bond donors (Lipinski definition) is 3. The smallest absolute Gasteiger partial charge is 0.404 e. The van der Waals surface area contributed by atoms with Crippen molar-refractivity contribution in [1.82, 2.24) is 19.9 Å². The number of nitrogens with zero attached hydrogens (tertiary/aromatic N) is 3. The summed E-state index contributed by atoms with van der Waals surface area (Å²) in [6, 6.07) is 37.3. The number of hydrogen-bond acceptors (Lipinski definition) is 6. The molecule has 4 aromatic carbocycles. The lowest BCUT2D eigenvalue weighted by Crippen LogP contribution is -2.38. The summed E-state index contributed by atoms with van der Waals surface area (Å²) < 4.78 is 15.3. The third-order valence-corrected chi connectivity index (χ3v) is 8.98. The first-order chi connectivity index (χ1) is 23.7. The van der Waals surface area contributed by atoms with Gasteiger partial charge < -0.3 is 29.8 Å². The van der Waals surface area contributed by atoms with E-state index in [4.69, 9.17) is 24.5 Å². The zero-order valence-corrected chi connectivity index (χ0v) is 29.4. The fourth-order valence-corrected chi connectivity index (χ4v) is 6.69. The average molecular weight is 723 g/mol. The lowest BCUT2D eigenvalue weighted by Gasteiger charge is -2.37. The van der Waals surface area contributed by atoms with E-state index in [2.05, 4.69) is 110 Å². The number of nitrogens with one attached hydrogen (secondary N) is 2. The van der Waals surface area contributed by atoms with Crippen molar-refractivity contribution in [1.29, 1.82) is 0 Å². The molecule has 1 amide bonds. The molecule has 0 bridgehead atoms. The summed E-state index contributed by atoms with van der Waals surface area (Å²) in [6.45, 7) is 7.62. The van der Waals surface area contributed by atoms with Crippen molar-refractivity contribution in [2.75, 3.05) is 25.1 Å². The van der Waals surface area contributed by atoms with Crippen LogP contribution in [0.1, 0.15) is 43.3 Å². The Kier molecular flexibility index (Phi) is 10.3. The van der Waals surface area contributed by atoms with Crippen LogP contribution in [-0.2, 0) is 28.2 Å². The van der Waals surface area contributed by atoms with Gasteiger partial charge in [0.1, 0.15) is 23.5 Å². The Labute approximate surface area is 294 Å². The number of ether oxygens (including phenoxy) is 2. The second-order valence-corrected chi connectivity index (χ2v) is 13.3. The van der Waals surface area contributed by atoms with E-state index in [0.717, 1.165) is 43.4 Å². The molecule has 0 aliphatic rings. The first kappa shape index (κ1) is 34.1. The molecule has 0 radical (unpaired) electrons. The number of amides is 1. The van der Waals surface area contributed by atoms with E-state index in [9.17, 15) is 4.79 Å². The van der Waals surface area contributed by atoms with Crippen molar-refractivity contribution in [3.63, 3.8) is 0 Å². The van der Waals surface area contributed by atoms with Gasteiger partial charge in [-0.2, -0.15) is 0 Å². The number of carbonyl (C=O) groups is 1.